The molecule has 1 amide bonds. The Hall–Kier alpha value is -3.85. The summed E-state index contributed by atoms with van der Waals surface area (Å²) in [6, 6.07) is 8.50. The molecule has 1 aliphatic heterocycles. The Morgan fingerprint density at radius 3 is 2.78 bits per heavy atom. The summed E-state index contributed by atoms with van der Waals surface area (Å²) >= 11 is 0. The number of amides is 1. The van der Waals surface area contributed by atoms with Gasteiger partial charge in [0.25, 0.3) is 0 Å². The van der Waals surface area contributed by atoms with E-state index in [9.17, 15) is 9.18 Å². The number of aryl methyl sites for hydroxylation is 2. The number of fused-ring (bicyclic) bond motifs is 2. The zero-order chi connectivity index (χ0) is 22.4. The maximum Gasteiger partial charge on any atom is 0.330 e. The van der Waals surface area contributed by atoms with Crippen LogP contribution in [0.3, 0.4) is 0 Å². The van der Waals surface area contributed by atoms with E-state index in [1.807, 2.05) is 0 Å². The molecular weight excluding hydrogens is 416 g/mol. The van der Waals surface area contributed by atoms with Crippen LogP contribution in [0, 0.1) is 25.5 Å². The van der Waals surface area contributed by atoms with Crippen LogP contribution in [0.2, 0.25) is 0 Å². The van der Waals surface area contributed by atoms with Crippen molar-refractivity contribution >= 4 is 22.6 Å². The number of benzene rings is 2. The molecule has 1 aliphatic rings. The van der Waals surface area contributed by atoms with Gasteiger partial charge < -0.3 is 15.4 Å². The number of carbonyl (C=O) groups excluding carboxylic acids is 1. The summed E-state index contributed by atoms with van der Waals surface area (Å²) in [5.41, 5.74) is 3.41. The highest BCUT2D eigenvalue weighted by atomic mass is 19.1. The lowest BCUT2D eigenvalue weighted by atomic mass is 10.2. The average molecular weight is 435 g/mol. The molecule has 2 aromatic carbocycles. The highest BCUT2D eigenvalue weighted by Crippen LogP contribution is 2.33. The van der Waals surface area contributed by atoms with Gasteiger partial charge in [0.05, 0.1) is 16.8 Å². The van der Waals surface area contributed by atoms with Crippen LogP contribution >= 0.6 is 0 Å². The first-order chi connectivity index (χ1) is 15.4. The van der Waals surface area contributed by atoms with Crippen molar-refractivity contribution in [3.05, 3.63) is 76.9 Å². The van der Waals surface area contributed by atoms with E-state index in [1.165, 1.54) is 35.2 Å². The summed E-state index contributed by atoms with van der Waals surface area (Å²) in [6.07, 6.45) is 1.39. The van der Waals surface area contributed by atoms with Crippen LogP contribution in [0.25, 0.3) is 10.9 Å². The molecule has 2 aromatic heterocycles. The predicted octanol–water partition coefficient (Wildman–Crippen LogP) is 4.80. The van der Waals surface area contributed by atoms with Gasteiger partial charge in [0.1, 0.15) is 12.1 Å². The zero-order valence-electron chi connectivity index (χ0n) is 17.4. The summed E-state index contributed by atoms with van der Waals surface area (Å²) in [5, 5.41) is 6.13. The Morgan fingerprint density at radius 2 is 1.97 bits per heavy atom. The number of hydrogen-bond donors (Lipinski definition) is 2. The van der Waals surface area contributed by atoms with Gasteiger partial charge in [-0.1, -0.05) is 0 Å². The van der Waals surface area contributed by atoms with Crippen molar-refractivity contribution in [2.24, 2.45) is 0 Å². The monoisotopic (exact) mass is 435 g/mol. The quantitative estimate of drug-likeness (QED) is 0.483. The first-order valence-corrected chi connectivity index (χ1v) is 10.0. The van der Waals surface area contributed by atoms with E-state index in [1.54, 1.807) is 26.0 Å². The maximum absolute atomic E-state index is 15.3. The first kappa shape index (κ1) is 20.1. The molecular formula is C23H19F2N5O2. The first-order valence-electron chi connectivity index (χ1n) is 10.0. The summed E-state index contributed by atoms with van der Waals surface area (Å²) in [7, 11) is 0. The van der Waals surface area contributed by atoms with Gasteiger partial charge in [-0.3, -0.25) is 4.57 Å². The number of rotatable bonds is 3. The van der Waals surface area contributed by atoms with Gasteiger partial charge in [0.2, 0.25) is 5.88 Å². The van der Waals surface area contributed by atoms with Crippen LogP contribution in [0.4, 0.5) is 19.3 Å². The minimum absolute atomic E-state index is 0.0111. The predicted molar refractivity (Wildman–Crippen MR) is 115 cm³/mol. The molecule has 0 aliphatic carbocycles. The number of hydrogen-bond acceptors (Lipinski definition) is 5. The summed E-state index contributed by atoms with van der Waals surface area (Å²) < 4.78 is 36.0. The van der Waals surface area contributed by atoms with Gasteiger partial charge >= 0.3 is 6.03 Å². The lowest BCUT2D eigenvalue weighted by molar-refractivity contribution is 0.254. The van der Waals surface area contributed by atoms with Crippen molar-refractivity contribution < 1.29 is 18.3 Å². The normalized spacial score (nSPS) is 12.8. The number of nitrogens with one attached hydrogen (secondary N) is 2. The van der Waals surface area contributed by atoms with Crippen molar-refractivity contribution in [3.63, 3.8) is 0 Å². The third kappa shape index (κ3) is 3.36. The third-order valence-corrected chi connectivity index (χ3v) is 5.48. The second-order valence-corrected chi connectivity index (χ2v) is 7.64. The number of carbonyl (C=O) groups is 1. The average Bonchev–Trinajstić information content (AvgIpc) is 3.37. The third-order valence-electron chi connectivity index (χ3n) is 5.48. The Morgan fingerprint density at radius 1 is 1.12 bits per heavy atom. The van der Waals surface area contributed by atoms with E-state index < -0.39 is 11.8 Å². The largest absolute Gasteiger partial charge is 0.435 e. The molecule has 0 bridgehead atoms. The molecule has 2 N–H and O–H groups in total. The Bertz CT molecular complexity index is 1380. The second kappa shape index (κ2) is 7.69. The molecule has 7 nitrogen and oxygen atoms in total. The van der Waals surface area contributed by atoms with Gasteiger partial charge in [0, 0.05) is 29.9 Å². The van der Waals surface area contributed by atoms with Crippen LogP contribution in [0.1, 0.15) is 22.5 Å². The van der Waals surface area contributed by atoms with Crippen LogP contribution in [-0.2, 0) is 13.1 Å². The van der Waals surface area contributed by atoms with Crippen molar-refractivity contribution in [2.75, 3.05) is 5.32 Å². The number of aromatic nitrogens is 3. The van der Waals surface area contributed by atoms with Crippen LogP contribution in [0.5, 0.6) is 11.6 Å². The molecule has 4 aromatic rings. The molecule has 5 rings (SSSR count). The van der Waals surface area contributed by atoms with Crippen molar-refractivity contribution in [1.29, 1.82) is 0 Å². The molecule has 32 heavy (non-hydrogen) atoms. The molecule has 0 fully saturated rings. The van der Waals surface area contributed by atoms with E-state index in [4.69, 9.17) is 4.74 Å². The number of halogens is 2. The molecule has 0 saturated carbocycles. The van der Waals surface area contributed by atoms with Gasteiger partial charge in [-0.05, 0) is 55.8 Å². The summed E-state index contributed by atoms with van der Waals surface area (Å²) in [6.45, 7) is 4.48. The second-order valence-electron chi connectivity index (χ2n) is 7.64. The fourth-order valence-corrected chi connectivity index (χ4v) is 3.87. The molecule has 0 saturated heterocycles. The summed E-state index contributed by atoms with van der Waals surface area (Å²) in [5.74, 6) is -0.630. The lowest BCUT2D eigenvalue weighted by Crippen LogP contribution is -2.20. The van der Waals surface area contributed by atoms with E-state index in [2.05, 4.69) is 20.6 Å². The van der Waals surface area contributed by atoms with E-state index in [0.29, 0.717) is 41.4 Å². The Labute approximate surface area is 182 Å². The van der Waals surface area contributed by atoms with Crippen molar-refractivity contribution in [1.82, 2.24) is 19.9 Å². The molecule has 0 unspecified atom stereocenters. The van der Waals surface area contributed by atoms with Crippen molar-refractivity contribution in [2.45, 2.75) is 26.9 Å². The van der Waals surface area contributed by atoms with E-state index in [-0.39, 0.29) is 17.0 Å². The van der Waals surface area contributed by atoms with Crippen LogP contribution < -0.4 is 15.4 Å². The lowest BCUT2D eigenvalue weighted by Gasteiger charge is -2.11. The molecule has 162 valence electrons. The molecule has 3 heterocycles. The standard InChI is InChI=1S/C23H19F2N5O2/c1-12-7-14(3-4-17(12)24)29-23(31)30-13(2)8-15-19(30)5-6-20(21(15)25)32-22-16-9-26-10-18(16)27-11-28-22/h3-8,11,26H,9-10H2,1-2H3,(H,29,31). The minimum atomic E-state index is -0.590. The summed E-state index contributed by atoms with van der Waals surface area (Å²) in [4.78, 5) is 21.2. The van der Waals surface area contributed by atoms with Crippen LogP contribution in [0.15, 0.2) is 42.7 Å². The SMILES string of the molecule is Cc1cc(NC(=O)n2c(C)cc3c(F)c(Oc4ncnc5c4CNC5)ccc32)ccc1F. The minimum Gasteiger partial charge on any atom is -0.435 e. The molecule has 0 radical (unpaired) electrons. The van der Waals surface area contributed by atoms with E-state index >= 15 is 4.39 Å². The van der Waals surface area contributed by atoms with Gasteiger partial charge in [-0.15, -0.1) is 0 Å². The number of ether oxygens (including phenoxy) is 1. The Kier molecular flexibility index (Phi) is 4.82. The zero-order valence-corrected chi connectivity index (χ0v) is 17.4. The number of nitrogens with zero attached hydrogens (tertiary/aromatic N) is 3. The maximum atomic E-state index is 15.3. The fourth-order valence-electron chi connectivity index (χ4n) is 3.87. The molecule has 0 spiro atoms. The number of anilines is 1. The molecule has 0 atom stereocenters. The highest BCUT2D eigenvalue weighted by molar-refractivity contribution is 6.00. The van der Waals surface area contributed by atoms with Gasteiger partial charge in [-0.25, -0.2) is 23.5 Å². The molecule has 9 heteroatoms. The topological polar surface area (TPSA) is 81.1 Å². The Balaban J connectivity index is 1.48. The van der Waals surface area contributed by atoms with E-state index in [0.717, 1.165) is 11.3 Å². The van der Waals surface area contributed by atoms with Crippen LogP contribution in [-0.4, -0.2) is 20.6 Å². The fraction of sp³-hybridized carbons (Fsp3) is 0.174. The van der Waals surface area contributed by atoms with Crippen molar-refractivity contribution in [3.8, 4) is 11.6 Å². The van der Waals surface area contributed by atoms with Gasteiger partial charge in [0.15, 0.2) is 11.6 Å². The smallest absolute Gasteiger partial charge is 0.330 e. The highest BCUT2D eigenvalue weighted by Gasteiger charge is 2.22. The van der Waals surface area contributed by atoms with Gasteiger partial charge in [-0.2, -0.15) is 0 Å².